The van der Waals surface area contributed by atoms with E-state index in [9.17, 15) is 4.79 Å². The second-order valence-corrected chi connectivity index (χ2v) is 7.19. The van der Waals surface area contributed by atoms with E-state index in [2.05, 4.69) is 24.5 Å². The number of rotatable bonds is 12. The Morgan fingerprint density at radius 2 is 1.48 bits per heavy atom. The monoisotopic (exact) mass is 298 g/mol. The van der Waals surface area contributed by atoms with Crippen molar-refractivity contribution in [3.05, 3.63) is 0 Å². The Morgan fingerprint density at radius 3 is 1.90 bits per heavy atom. The Labute approximate surface area is 132 Å². The number of unbranched alkanes of at least 4 members (excludes halogenated alkanes) is 4. The lowest BCUT2D eigenvalue weighted by molar-refractivity contribution is -0.122. The highest BCUT2D eigenvalue weighted by atomic mass is 16.1. The molecule has 0 aromatic carbocycles. The highest BCUT2D eigenvalue weighted by Crippen LogP contribution is 2.11. The molecule has 3 heteroatoms. The van der Waals surface area contributed by atoms with Crippen molar-refractivity contribution in [3.8, 4) is 0 Å². The molecule has 3 nitrogen and oxygen atoms in total. The molecule has 0 atom stereocenters. The van der Waals surface area contributed by atoms with Crippen molar-refractivity contribution in [2.75, 3.05) is 6.54 Å². The molecule has 0 aliphatic carbocycles. The molecule has 0 saturated carbocycles. The average Bonchev–Trinajstić information content (AvgIpc) is 2.36. The third-order valence-corrected chi connectivity index (χ3v) is 3.61. The molecule has 0 spiro atoms. The van der Waals surface area contributed by atoms with E-state index in [0.717, 1.165) is 6.54 Å². The van der Waals surface area contributed by atoms with Crippen molar-refractivity contribution in [2.24, 2.45) is 0 Å². The Bertz CT molecular complexity index is 248. The first-order chi connectivity index (χ1) is 9.89. The highest BCUT2D eigenvalue weighted by Gasteiger charge is 2.14. The largest absolute Gasteiger partial charge is 0.351 e. The number of carbonyl (C=O) groups excluding carboxylic acids is 1. The third kappa shape index (κ3) is 14.1. The van der Waals surface area contributed by atoms with Crippen molar-refractivity contribution in [1.29, 1.82) is 0 Å². The number of hydrogen-bond donors (Lipinski definition) is 2. The van der Waals surface area contributed by atoms with Crippen LogP contribution in [0, 0.1) is 0 Å². The van der Waals surface area contributed by atoms with Gasteiger partial charge in [0.25, 0.3) is 0 Å². The Balaban J connectivity index is 3.94. The van der Waals surface area contributed by atoms with E-state index >= 15 is 0 Å². The zero-order valence-corrected chi connectivity index (χ0v) is 15.1. The fourth-order valence-electron chi connectivity index (χ4n) is 2.50. The Kier molecular flexibility index (Phi) is 11.7. The van der Waals surface area contributed by atoms with Crippen LogP contribution in [0.3, 0.4) is 0 Å². The van der Waals surface area contributed by atoms with Crippen LogP contribution < -0.4 is 10.6 Å². The average molecular weight is 299 g/mol. The highest BCUT2D eigenvalue weighted by molar-refractivity contribution is 5.76. The van der Waals surface area contributed by atoms with E-state index in [1.165, 1.54) is 51.4 Å². The van der Waals surface area contributed by atoms with Gasteiger partial charge in [0.05, 0.1) is 0 Å². The summed E-state index contributed by atoms with van der Waals surface area (Å²) in [6.07, 6.45) is 10.9. The van der Waals surface area contributed by atoms with E-state index in [1.807, 2.05) is 20.8 Å². The number of nitrogens with one attached hydrogen (secondary N) is 2. The summed E-state index contributed by atoms with van der Waals surface area (Å²) in [5.74, 6) is 0.149. The van der Waals surface area contributed by atoms with E-state index < -0.39 is 0 Å². The maximum Gasteiger partial charge on any atom is 0.221 e. The van der Waals surface area contributed by atoms with Crippen molar-refractivity contribution in [3.63, 3.8) is 0 Å². The molecule has 0 rings (SSSR count). The first kappa shape index (κ1) is 20.4. The fourth-order valence-corrected chi connectivity index (χ4v) is 2.50. The smallest absolute Gasteiger partial charge is 0.221 e. The maximum atomic E-state index is 11.8. The summed E-state index contributed by atoms with van der Waals surface area (Å²) in [7, 11) is 0. The summed E-state index contributed by atoms with van der Waals surface area (Å²) in [5.41, 5.74) is -0.126. The molecule has 0 aliphatic heterocycles. The zero-order chi connectivity index (χ0) is 16.1. The van der Waals surface area contributed by atoms with Crippen LogP contribution in [0.4, 0.5) is 0 Å². The first-order valence-corrected chi connectivity index (χ1v) is 8.93. The topological polar surface area (TPSA) is 41.1 Å². The molecule has 0 aromatic heterocycles. The molecule has 1 amide bonds. The summed E-state index contributed by atoms with van der Waals surface area (Å²) in [6, 6.07) is 0.588. The van der Waals surface area contributed by atoms with Gasteiger partial charge in [-0.05, 0) is 33.6 Å². The van der Waals surface area contributed by atoms with Gasteiger partial charge in [0.1, 0.15) is 0 Å². The van der Waals surface area contributed by atoms with Gasteiger partial charge in [0.15, 0.2) is 0 Å². The number of hydrogen-bond acceptors (Lipinski definition) is 2. The summed E-state index contributed by atoms with van der Waals surface area (Å²) in [6.45, 7) is 11.4. The minimum atomic E-state index is -0.126. The second-order valence-electron chi connectivity index (χ2n) is 7.19. The summed E-state index contributed by atoms with van der Waals surface area (Å²) in [4.78, 5) is 11.8. The molecule has 0 bridgehead atoms. The molecule has 0 saturated heterocycles. The van der Waals surface area contributed by atoms with Gasteiger partial charge >= 0.3 is 0 Å². The van der Waals surface area contributed by atoms with Gasteiger partial charge in [-0.3, -0.25) is 4.79 Å². The van der Waals surface area contributed by atoms with Gasteiger partial charge in [-0.2, -0.15) is 0 Å². The molecule has 126 valence electrons. The van der Waals surface area contributed by atoms with Crippen molar-refractivity contribution < 1.29 is 4.79 Å². The van der Waals surface area contributed by atoms with E-state index in [4.69, 9.17) is 0 Å². The van der Waals surface area contributed by atoms with Gasteiger partial charge < -0.3 is 10.6 Å². The van der Waals surface area contributed by atoms with Crippen LogP contribution in [0.2, 0.25) is 0 Å². The van der Waals surface area contributed by atoms with Gasteiger partial charge in [-0.15, -0.1) is 0 Å². The van der Waals surface area contributed by atoms with Gasteiger partial charge in [0.2, 0.25) is 5.91 Å². The summed E-state index contributed by atoms with van der Waals surface area (Å²) >= 11 is 0. The van der Waals surface area contributed by atoms with Gasteiger partial charge in [-0.1, -0.05) is 52.4 Å². The van der Waals surface area contributed by atoms with Crippen molar-refractivity contribution >= 4 is 5.91 Å². The fraction of sp³-hybridized carbons (Fsp3) is 0.944. The molecule has 21 heavy (non-hydrogen) atoms. The zero-order valence-electron chi connectivity index (χ0n) is 15.1. The minimum absolute atomic E-state index is 0.126. The predicted molar refractivity (Wildman–Crippen MR) is 92.6 cm³/mol. The molecular weight excluding hydrogens is 260 g/mol. The summed E-state index contributed by atoms with van der Waals surface area (Å²) in [5, 5.41) is 6.61. The van der Waals surface area contributed by atoms with Gasteiger partial charge in [0, 0.05) is 24.5 Å². The van der Waals surface area contributed by atoms with Crippen LogP contribution in [0.1, 0.15) is 92.4 Å². The molecular formula is C18H38N2O. The Hall–Kier alpha value is -0.570. The van der Waals surface area contributed by atoms with Crippen LogP contribution in [-0.2, 0) is 4.79 Å². The Morgan fingerprint density at radius 1 is 0.952 bits per heavy atom. The molecule has 0 radical (unpaired) electrons. The van der Waals surface area contributed by atoms with E-state index in [0.29, 0.717) is 12.5 Å². The lowest BCUT2D eigenvalue weighted by Gasteiger charge is -2.22. The lowest BCUT2D eigenvalue weighted by atomic mass is 10.0. The molecule has 0 aromatic rings. The van der Waals surface area contributed by atoms with Crippen LogP contribution >= 0.6 is 0 Å². The van der Waals surface area contributed by atoms with Crippen LogP contribution in [0.15, 0.2) is 0 Å². The molecule has 0 aliphatic rings. The predicted octanol–water partition coefficient (Wildman–Crippen LogP) is 4.41. The standard InChI is InChI=1S/C18H38N2O/c1-6-8-10-12-16(13-11-9-7-2)19-15-14-17(21)20-18(3,4)5/h16,19H,6-15H2,1-5H3,(H,20,21). The van der Waals surface area contributed by atoms with Crippen LogP contribution in [-0.4, -0.2) is 24.0 Å². The van der Waals surface area contributed by atoms with E-state index in [-0.39, 0.29) is 11.4 Å². The number of carbonyl (C=O) groups is 1. The molecule has 0 unspecified atom stereocenters. The molecule has 2 N–H and O–H groups in total. The maximum absolute atomic E-state index is 11.8. The minimum Gasteiger partial charge on any atom is -0.351 e. The summed E-state index contributed by atoms with van der Waals surface area (Å²) < 4.78 is 0. The quantitative estimate of drug-likeness (QED) is 0.524. The van der Waals surface area contributed by atoms with E-state index in [1.54, 1.807) is 0 Å². The lowest BCUT2D eigenvalue weighted by Crippen LogP contribution is -2.42. The SMILES string of the molecule is CCCCCC(CCCCC)NCCC(=O)NC(C)(C)C. The van der Waals surface area contributed by atoms with Crippen molar-refractivity contribution in [1.82, 2.24) is 10.6 Å². The third-order valence-electron chi connectivity index (χ3n) is 3.61. The second kappa shape index (κ2) is 12.0. The molecule has 0 fully saturated rings. The number of amides is 1. The van der Waals surface area contributed by atoms with Crippen LogP contribution in [0.5, 0.6) is 0 Å². The first-order valence-electron chi connectivity index (χ1n) is 8.93. The molecule has 0 heterocycles. The van der Waals surface area contributed by atoms with Crippen molar-refractivity contribution in [2.45, 2.75) is 104 Å². The van der Waals surface area contributed by atoms with Gasteiger partial charge in [-0.25, -0.2) is 0 Å². The normalized spacial score (nSPS) is 11.9. The van der Waals surface area contributed by atoms with Crippen LogP contribution in [0.25, 0.3) is 0 Å².